The summed E-state index contributed by atoms with van der Waals surface area (Å²) in [5.74, 6) is -0.211. The molecular weight excluding hydrogens is 228 g/mol. The number of allylic oxidation sites excluding steroid dienone is 1. The van der Waals surface area contributed by atoms with Crippen LogP contribution >= 0.6 is 0 Å². The van der Waals surface area contributed by atoms with E-state index < -0.39 is 0 Å². The number of carbonyl (C=O) groups is 1. The number of carbonyl (C=O) groups excluding carboxylic acids is 1. The summed E-state index contributed by atoms with van der Waals surface area (Å²) >= 11 is 0. The molecule has 0 spiro atoms. The first-order valence-electron chi connectivity index (χ1n) is 5.29. The van der Waals surface area contributed by atoms with Crippen LogP contribution in [-0.4, -0.2) is 15.9 Å². The molecule has 0 saturated carbocycles. The van der Waals surface area contributed by atoms with E-state index in [1.807, 2.05) is 6.07 Å². The molecule has 0 bridgehead atoms. The van der Waals surface area contributed by atoms with E-state index in [-0.39, 0.29) is 17.1 Å². The standard InChI is InChI=1S/C14H10N2O2/c15-9-11(14(18)13-2-1-7-16-13)8-10-3-5-12(17)6-4-10/h1-8,16-17H/b11-8+. The summed E-state index contributed by atoms with van der Waals surface area (Å²) in [6, 6.07) is 11.5. The zero-order valence-corrected chi connectivity index (χ0v) is 9.42. The van der Waals surface area contributed by atoms with Gasteiger partial charge in [0.1, 0.15) is 17.4 Å². The van der Waals surface area contributed by atoms with E-state index in [9.17, 15) is 4.79 Å². The molecule has 1 aromatic heterocycles. The maximum Gasteiger partial charge on any atom is 0.219 e. The van der Waals surface area contributed by atoms with Crippen molar-refractivity contribution < 1.29 is 9.90 Å². The van der Waals surface area contributed by atoms with Gasteiger partial charge in [-0.2, -0.15) is 5.26 Å². The lowest BCUT2D eigenvalue weighted by Crippen LogP contribution is -2.01. The Morgan fingerprint density at radius 2 is 2.00 bits per heavy atom. The van der Waals surface area contributed by atoms with Crippen LogP contribution in [-0.2, 0) is 0 Å². The average molecular weight is 238 g/mol. The van der Waals surface area contributed by atoms with Crippen LogP contribution in [0.5, 0.6) is 5.75 Å². The number of H-pyrrole nitrogens is 1. The molecule has 0 unspecified atom stereocenters. The van der Waals surface area contributed by atoms with Gasteiger partial charge in [0.05, 0.1) is 5.69 Å². The Balaban J connectivity index is 2.32. The van der Waals surface area contributed by atoms with E-state index in [1.54, 1.807) is 30.5 Å². The number of nitrogens with zero attached hydrogens (tertiary/aromatic N) is 1. The van der Waals surface area contributed by atoms with E-state index in [2.05, 4.69) is 4.98 Å². The molecule has 0 aliphatic rings. The van der Waals surface area contributed by atoms with E-state index in [1.165, 1.54) is 18.2 Å². The molecular formula is C14H10N2O2. The van der Waals surface area contributed by atoms with E-state index in [0.29, 0.717) is 11.3 Å². The third kappa shape index (κ3) is 2.47. The highest BCUT2D eigenvalue weighted by Gasteiger charge is 2.12. The molecule has 88 valence electrons. The number of phenolic OH excluding ortho intramolecular Hbond substituents is 1. The summed E-state index contributed by atoms with van der Waals surface area (Å²) in [6.45, 7) is 0. The molecule has 2 rings (SSSR count). The van der Waals surface area contributed by atoms with Gasteiger partial charge in [0.25, 0.3) is 0 Å². The molecule has 1 aromatic carbocycles. The van der Waals surface area contributed by atoms with Gasteiger partial charge in [-0.3, -0.25) is 4.79 Å². The Labute approximate surface area is 104 Å². The van der Waals surface area contributed by atoms with Crippen molar-refractivity contribution >= 4 is 11.9 Å². The van der Waals surface area contributed by atoms with Gasteiger partial charge >= 0.3 is 0 Å². The number of nitrogens with one attached hydrogen (secondary N) is 1. The van der Waals surface area contributed by atoms with Crippen LogP contribution in [0.25, 0.3) is 6.08 Å². The van der Waals surface area contributed by atoms with Gasteiger partial charge in [-0.25, -0.2) is 0 Å². The molecule has 0 atom stereocenters. The van der Waals surface area contributed by atoms with Crippen LogP contribution in [0.2, 0.25) is 0 Å². The van der Waals surface area contributed by atoms with Crippen LogP contribution in [0.3, 0.4) is 0 Å². The lowest BCUT2D eigenvalue weighted by Gasteiger charge is -1.97. The van der Waals surface area contributed by atoms with Crippen molar-refractivity contribution in [1.29, 1.82) is 5.26 Å². The third-order valence-electron chi connectivity index (χ3n) is 2.41. The second kappa shape index (κ2) is 5.02. The van der Waals surface area contributed by atoms with E-state index in [0.717, 1.165) is 0 Å². The first-order valence-corrected chi connectivity index (χ1v) is 5.29. The number of nitriles is 1. The minimum Gasteiger partial charge on any atom is -0.508 e. The molecule has 2 aromatic rings. The minimum atomic E-state index is -0.351. The SMILES string of the molecule is N#C/C(=C\c1ccc(O)cc1)C(=O)c1ccc[nH]1. The average Bonchev–Trinajstić information content (AvgIpc) is 2.91. The number of hydrogen-bond acceptors (Lipinski definition) is 3. The largest absolute Gasteiger partial charge is 0.508 e. The summed E-state index contributed by atoms with van der Waals surface area (Å²) in [4.78, 5) is 14.7. The van der Waals surface area contributed by atoms with Gasteiger partial charge in [0.2, 0.25) is 5.78 Å². The van der Waals surface area contributed by atoms with Crippen LogP contribution in [0.4, 0.5) is 0 Å². The molecule has 0 aliphatic carbocycles. The van der Waals surface area contributed by atoms with Crippen molar-refractivity contribution in [2.75, 3.05) is 0 Å². The molecule has 4 heteroatoms. The quantitative estimate of drug-likeness (QED) is 0.490. The van der Waals surface area contributed by atoms with Crippen LogP contribution in [0.1, 0.15) is 16.1 Å². The molecule has 0 amide bonds. The third-order valence-corrected chi connectivity index (χ3v) is 2.41. The van der Waals surface area contributed by atoms with Gasteiger partial charge < -0.3 is 10.1 Å². The lowest BCUT2D eigenvalue weighted by molar-refractivity contribution is 0.103. The van der Waals surface area contributed by atoms with Crippen molar-refractivity contribution in [2.24, 2.45) is 0 Å². The molecule has 0 aliphatic heterocycles. The Morgan fingerprint density at radius 1 is 1.28 bits per heavy atom. The van der Waals surface area contributed by atoms with Gasteiger partial charge in [-0.05, 0) is 35.9 Å². The van der Waals surface area contributed by atoms with Crippen molar-refractivity contribution in [3.05, 3.63) is 59.4 Å². The summed E-state index contributed by atoms with van der Waals surface area (Å²) in [6.07, 6.45) is 3.12. The lowest BCUT2D eigenvalue weighted by atomic mass is 10.1. The fourth-order valence-electron chi connectivity index (χ4n) is 1.50. The Morgan fingerprint density at radius 3 is 2.56 bits per heavy atom. The van der Waals surface area contributed by atoms with Crippen molar-refractivity contribution in [2.45, 2.75) is 0 Å². The maximum atomic E-state index is 11.9. The Bertz CT molecular complexity index is 617. The Hall–Kier alpha value is -2.80. The number of rotatable bonds is 3. The molecule has 18 heavy (non-hydrogen) atoms. The Kier molecular flexibility index (Phi) is 3.26. The van der Waals surface area contributed by atoms with Crippen LogP contribution < -0.4 is 0 Å². The maximum absolute atomic E-state index is 11.9. The van der Waals surface area contributed by atoms with Crippen LogP contribution in [0, 0.1) is 11.3 Å². The molecule has 0 saturated heterocycles. The second-order valence-electron chi connectivity index (χ2n) is 3.67. The van der Waals surface area contributed by atoms with Crippen LogP contribution in [0.15, 0.2) is 48.2 Å². The highest BCUT2D eigenvalue weighted by Crippen LogP contribution is 2.14. The van der Waals surface area contributed by atoms with Gasteiger partial charge in [-0.15, -0.1) is 0 Å². The number of hydrogen-bond donors (Lipinski definition) is 2. The number of aromatic nitrogens is 1. The summed E-state index contributed by atoms with van der Waals surface area (Å²) in [5, 5.41) is 18.2. The van der Waals surface area contributed by atoms with E-state index >= 15 is 0 Å². The van der Waals surface area contributed by atoms with Gasteiger partial charge in [0, 0.05) is 6.20 Å². The van der Waals surface area contributed by atoms with Gasteiger partial charge in [-0.1, -0.05) is 12.1 Å². The fraction of sp³-hybridized carbons (Fsp3) is 0. The molecule has 2 N–H and O–H groups in total. The summed E-state index contributed by atoms with van der Waals surface area (Å²) in [7, 11) is 0. The number of phenols is 1. The predicted molar refractivity (Wildman–Crippen MR) is 66.8 cm³/mol. The predicted octanol–water partition coefficient (Wildman–Crippen LogP) is 2.51. The zero-order chi connectivity index (χ0) is 13.0. The van der Waals surface area contributed by atoms with Crippen molar-refractivity contribution in [3.63, 3.8) is 0 Å². The fourth-order valence-corrected chi connectivity index (χ4v) is 1.50. The monoisotopic (exact) mass is 238 g/mol. The molecule has 0 fully saturated rings. The van der Waals surface area contributed by atoms with Gasteiger partial charge in [0.15, 0.2) is 0 Å². The summed E-state index contributed by atoms with van der Waals surface area (Å²) < 4.78 is 0. The van der Waals surface area contributed by atoms with E-state index in [4.69, 9.17) is 10.4 Å². The minimum absolute atomic E-state index is 0.0446. The normalized spacial score (nSPS) is 10.9. The highest BCUT2D eigenvalue weighted by atomic mass is 16.3. The topological polar surface area (TPSA) is 76.9 Å². The first kappa shape index (κ1) is 11.7. The summed E-state index contributed by atoms with van der Waals surface area (Å²) in [5.41, 5.74) is 1.11. The molecule has 1 heterocycles. The molecule has 0 radical (unpaired) electrons. The second-order valence-corrected chi connectivity index (χ2v) is 3.67. The van der Waals surface area contributed by atoms with Crippen molar-refractivity contribution in [3.8, 4) is 11.8 Å². The van der Waals surface area contributed by atoms with Crippen molar-refractivity contribution in [1.82, 2.24) is 4.98 Å². The molecule has 4 nitrogen and oxygen atoms in total. The smallest absolute Gasteiger partial charge is 0.219 e. The number of benzene rings is 1. The number of aromatic amines is 1. The zero-order valence-electron chi connectivity index (χ0n) is 9.42. The first-order chi connectivity index (χ1) is 8.70. The number of aromatic hydroxyl groups is 1. The highest BCUT2D eigenvalue weighted by molar-refractivity contribution is 6.13. The number of Topliss-reactive ketones (excluding diaryl/α,β-unsaturated/α-hetero) is 1. The number of ketones is 1.